The van der Waals surface area contributed by atoms with Crippen molar-refractivity contribution in [2.24, 2.45) is 5.92 Å². The van der Waals surface area contributed by atoms with Crippen LogP contribution in [0.25, 0.3) is 21.8 Å². The molecule has 2 aromatic carbocycles. The summed E-state index contributed by atoms with van der Waals surface area (Å²) in [6, 6.07) is 14.2. The zero-order valence-corrected chi connectivity index (χ0v) is 15.0. The molecule has 130 valence electrons. The van der Waals surface area contributed by atoms with E-state index in [1.54, 1.807) is 11.3 Å². The molecular formula is C21H18N2O2S. The number of amides is 1. The molecule has 0 spiro atoms. The summed E-state index contributed by atoms with van der Waals surface area (Å²) in [5.41, 5.74) is 5.29. The number of fused-ring (bicyclic) bond motifs is 1. The number of anilines is 1. The summed E-state index contributed by atoms with van der Waals surface area (Å²) in [5.74, 6) is 1.34. The normalized spacial score (nSPS) is 15.4. The number of aromatic nitrogens is 1. The van der Waals surface area contributed by atoms with Crippen molar-refractivity contribution in [2.75, 3.05) is 11.9 Å². The molecule has 5 heteroatoms. The molecule has 5 rings (SSSR count). The van der Waals surface area contributed by atoms with Crippen LogP contribution in [0.3, 0.4) is 0 Å². The summed E-state index contributed by atoms with van der Waals surface area (Å²) in [7, 11) is 0. The molecule has 1 saturated carbocycles. The van der Waals surface area contributed by atoms with E-state index in [-0.39, 0.29) is 11.8 Å². The van der Waals surface area contributed by atoms with E-state index in [0.717, 1.165) is 59.1 Å². The van der Waals surface area contributed by atoms with Gasteiger partial charge in [0.25, 0.3) is 0 Å². The van der Waals surface area contributed by atoms with E-state index < -0.39 is 0 Å². The maximum absolute atomic E-state index is 11.8. The van der Waals surface area contributed by atoms with Crippen molar-refractivity contribution >= 4 is 22.9 Å². The zero-order chi connectivity index (χ0) is 17.5. The second-order valence-corrected chi connectivity index (χ2v) is 7.66. The van der Waals surface area contributed by atoms with Gasteiger partial charge >= 0.3 is 0 Å². The Balaban J connectivity index is 1.35. The third-order valence-electron chi connectivity index (χ3n) is 4.84. The summed E-state index contributed by atoms with van der Waals surface area (Å²) >= 11 is 1.64. The molecular weight excluding hydrogens is 344 g/mol. The Morgan fingerprint density at radius 2 is 1.92 bits per heavy atom. The maximum Gasteiger partial charge on any atom is 0.227 e. The molecule has 3 aromatic rings. The fraction of sp³-hybridized carbons (Fsp3) is 0.238. The lowest BCUT2D eigenvalue weighted by atomic mass is 10.1. The van der Waals surface area contributed by atoms with Gasteiger partial charge in [0.2, 0.25) is 5.91 Å². The number of hydrogen-bond acceptors (Lipinski definition) is 4. The van der Waals surface area contributed by atoms with Gasteiger partial charge in [0, 0.05) is 34.5 Å². The van der Waals surface area contributed by atoms with Crippen LogP contribution in [0, 0.1) is 5.92 Å². The smallest absolute Gasteiger partial charge is 0.227 e. The quantitative estimate of drug-likeness (QED) is 0.728. The monoisotopic (exact) mass is 362 g/mol. The van der Waals surface area contributed by atoms with Gasteiger partial charge in [-0.05, 0) is 60.9 Å². The number of rotatable bonds is 4. The van der Waals surface area contributed by atoms with Crippen LogP contribution < -0.4 is 10.1 Å². The van der Waals surface area contributed by atoms with Crippen molar-refractivity contribution in [1.82, 2.24) is 4.98 Å². The highest BCUT2D eigenvalue weighted by atomic mass is 32.1. The zero-order valence-electron chi connectivity index (χ0n) is 14.2. The Bertz CT molecular complexity index is 974. The topological polar surface area (TPSA) is 51.2 Å². The van der Waals surface area contributed by atoms with E-state index in [1.807, 2.05) is 30.3 Å². The van der Waals surface area contributed by atoms with E-state index in [4.69, 9.17) is 9.72 Å². The van der Waals surface area contributed by atoms with E-state index in [2.05, 4.69) is 22.8 Å². The number of hydrogen-bond donors (Lipinski definition) is 1. The fourth-order valence-corrected chi connectivity index (χ4v) is 4.01. The Kier molecular flexibility index (Phi) is 3.75. The van der Waals surface area contributed by atoms with Gasteiger partial charge in [-0.3, -0.25) is 4.79 Å². The largest absolute Gasteiger partial charge is 0.493 e. The predicted molar refractivity (Wildman–Crippen MR) is 104 cm³/mol. The number of benzene rings is 2. The SMILES string of the molecule is O=C(Nc1ccc(-c2nc(-c3ccc4c(c3)CCO4)cs2)cc1)C1CC1. The number of carbonyl (C=O) groups is 1. The van der Waals surface area contributed by atoms with Gasteiger partial charge in [-0.15, -0.1) is 11.3 Å². The Morgan fingerprint density at radius 1 is 1.12 bits per heavy atom. The lowest BCUT2D eigenvalue weighted by Gasteiger charge is -2.04. The van der Waals surface area contributed by atoms with Crippen molar-refractivity contribution in [3.05, 3.63) is 53.4 Å². The lowest BCUT2D eigenvalue weighted by molar-refractivity contribution is -0.117. The van der Waals surface area contributed by atoms with Crippen molar-refractivity contribution < 1.29 is 9.53 Å². The molecule has 2 heterocycles. The van der Waals surface area contributed by atoms with Crippen LogP contribution in [0.4, 0.5) is 5.69 Å². The first-order valence-electron chi connectivity index (χ1n) is 8.89. The molecule has 1 amide bonds. The van der Waals surface area contributed by atoms with Crippen LogP contribution in [0.15, 0.2) is 47.8 Å². The minimum Gasteiger partial charge on any atom is -0.493 e. The molecule has 1 aromatic heterocycles. The van der Waals surface area contributed by atoms with Gasteiger partial charge in [0.1, 0.15) is 10.8 Å². The highest BCUT2D eigenvalue weighted by Crippen LogP contribution is 2.34. The van der Waals surface area contributed by atoms with Crippen molar-refractivity contribution in [2.45, 2.75) is 19.3 Å². The molecule has 0 unspecified atom stereocenters. The van der Waals surface area contributed by atoms with Crippen LogP contribution in [-0.4, -0.2) is 17.5 Å². The summed E-state index contributed by atoms with van der Waals surface area (Å²) < 4.78 is 5.57. The van der Waals surface area contributed by atoms with Gasteiger partial charge in [0.05, 0.1) is 12.3 Å². The minimum absolute atomic E-state index is 0.134. The Hall–Kier alpha value is -2.66. The van der Waals surface area contributed by atoms with Crippen molar-refractivity contribution in [3.63, 3.8) is 0 Å². The third-order valence-corrected chi connectivity index (χ3v) is 5.73. The summed E-state index contributed by atoms with van der Waals surface area (Å²) in [4.78, 5) is 16.6. The van der Waals surface area contributed by atoms with E-state index >= 15 is 0 Å². The van der Waals surface area contributed by atoms with Crippen LogP contribution in [0.5, 0.6) is 5.75 Å². The molecule has 26 heavy (non-hydrogen) atoms. The second-order valence-electron chi connectivity index (χ2n) is 6.80. The van der Waals surface area contributed by atoms with Crippen LogP contribution in [-0.2, 0) is 11.2 Å². The molecule has 4 nitrogen and oxygen atoms in total. The number of ether oxygens (including phenoxy) is 1. The number of carbonyl (C=O) groups excluding carboxylic acids is 1. The first-order chi connectivity index (χ1) is 12.8. The molecule has 0 atom stereocenters. The molecule has 0 saturated heterocycles. The van der Waals surface area contributed by atoms with Crippen molar-refractivity contribution in [1.29, 1.82) is 0 Å². The Labute approximate surface area is 155 Å². The summed E-state index contributed by atoms with van der Waals surface area (Å²) in [6.45, 7) is 0.769. The van der Waals surface area contributed by atoms with Crippen LogP contribution in [0.2, 0.25) is 0 Å². The molecule has 0 bridgehead atoms. The fourth-order valence-electron chi connectivity index (χ4n) is 3.17. The minimum atomic E-state index is 0.134. The highest BCUT2D eigenvalue weighted by molar-refractivity contribution is 7.13. The molecule has 1 fully saturated rings. The average Bonchev–Trinajstić information content (AvgIpc) is 3.22. The van der Waals surface area contributed by atoms with Crippen LogP contribution >= 0.6 is 11.3 Å². The summed E-state index contributed by atoms with van der Waals surface area (Å²) in [6.07, 6.45) is 3.00. The van der Waals surface area contributed by atoms with Gasteiger partial charge in [-0.2, -0.15) is 0 Å². The van der Waals surface area contributed by atoms with E-state index in [0.29, 0.717) is 0 Å². The van der Waals surface area contributed by atoms with E-state index in [9.17, 15) is 4.79 Å². The standard InChI is InChI=1S/C21H18N2O2S/c24-20(13-1-2-13)22-17-6-3-14(4-7-17)21-23-18(12-26-21)15-5-8-19-16(11-15)9-10-25-19/h3-8,11-13H,1-2,9-10H2,(H,22,24). The highest BCUT2D eigenvalue weighted by Gasteiger charge is 2.29. The molecule has 1 aliphatic carbocycles. The molecule has 1 aliphatic heterocycles. The summed E-state index contributed by atoms with van der Waals surface area (Å²) in [5, 5.41) is 6.05. The van der Waals surface area contributed by atoms with Crippen LogP contribution in [0.1, 0.15) is 18.4 Å². The Morgan fingerprint density at radius 3 is 2.73 bits per heavy atom. The maximum atomic E-state index is 11.8. The predicted octanol–water partition coefficient (Wildman–Crippen LogP) is 4.76. The van der Waals surface area contributed by atoms with Gasteiger partial charge in [-0.25, -0.2) is 4.98 Å². The van der Waals surface area contributed by atoms with Crippen molar-refractivity contribution in [3.8, 4) is 27.6 Å². The number of nitrogens with one attached hydrogen (secondary N) is 1. The van der Waals surface area contributed by atoms with Gasteiger partial charge in [0.15, 0.2) is 0 Å². The van der Waals surface area contributed by atoms with Gasteiger partial charge < -0.3 is 10.1 Å². The second kappa shape index (κ2) is 6.25. The first kappa shape index (κ1) is 15.6. The molecule has 1 N–H and O–H groups in total. The third kappa shape index (κ3) is 2.99. The lowest BCUT2D eigenvalue weighted by Crippen LogP contribution is -2.12. The van der Waals surface area contributed by atoms with Gasteiger partial charge in [-0.1, -0.05) is 0 Å². The number of thiazole rings is 1. The molecule has 2 aliphatic rings. The number of nitrogens with zero attached hydrogens (tertiary/aromatic N) is 1. The molecule has 0 radical (unpaired) electrons. The average molecular weight is 362 g/mol. The van der Waals surface area contributed by atoms with E-state index in [1.165, 1.54) is 5.56 Å². The first-order valence-corrected chi connectivity index (χ1v) is 9.77.